The summed E-state index contributed by atoms with van der Waals surface area (Å²) in [5.74, 6) is 0.773. The van der Waals surface area contributed by atoms with Crippen molar-refractivity contribution in [2.24, 2.45) is 0 Å². The second-order valence-corrected chi connectivity index (χ2v) is 9.38. The van der Waals surface area contributed by atoms with Crippen LogP contribution in [0.15, 0.2) is 97.1 Å². The molecular formula is C29H19N3S. The summed E-state index contributed by atoms with van der Waals surface area (Å²) < 4.78 is 4.75. The second kappa shape index (κ2) is 6.99. The molecule has 3 aromatic heterocycles. The average molecular weight is 442 g/mol. The van der Waals surface area contributed by atoms with Gasteiger partial charge in [-0.05, 0) is 37.3 Å². The molecule has 4 heteroatoms. The number of rotatable bonds is 2. The lowest BCUT2D eigenvalue weighted by molar-refractivity contribution is 1.16. The molecule has 4 aromatic carbocycles. The highest BCUT2D eigenvalue weighted by Gasteiger charge is 2.16. The van der Waals surface area contributed by atoms with Crippen molar-refractivity contribution in [3.8, 4) is 17.1 Å². The predicted molar refractivity (Wildman–Crippen MR) is 139 cm³/mol. The van der Waals surface area contributed by atoms with Gasteiger partial charge in [-0.1, -0.05) is 66.7 Å². The Balaban J connectivity index is 1.53. The van der Waals surface area contributed by atoms with Crippen molar-refractivity contribution in [3.05, 3.63) is 103 Å². The van der Waals surface area contributed by atoms with Crippen LogP contribution in [0.25, 0.3) is 59.2 Å². The molecular weight excluding hydrogens is 422 g/mol. The maximum atomic E-state index is 5.05. The van der Waals surface area contributed by atoms with E-state index in [0.717, 1.165) is 33.8 Å². The molecule has 0 N–H and O–H groups in total. The maximum Gasteiger partial charge on any atom is 0.160 e. The molecule has 0 bridgehead atoms. The van der Waals surface area contributed by atoms with E-state index in [1.165, 1.54) is 31.1 Å². The number of nitrogens with zero attached hydrogens (tertiary/aromatic N) is 3. The summed E-state index contributed by atoms with van der Waals surface area (Å²) >= 11 is 1.77. The molecule has 0 aliphatic rings. The number of aryl methyl sites for hydroxylation is 1. The Labute approximate surface area is 194 Å². The van der Waals surface area contributed by atoms with Crippen LogP contribution >= 0.6 is 11.3 Å². The van der Waals surface area contributed by atoms with E-state index in [2.05, 4.69) is 109 Å². The van der Waals surface area contributed by atoms with Crippen LogP contribution in [0.4, 0.5) is 0 Å². The number of thiophene rings is 1. The fraction of sp³-hybridized carbons (Fsp3) is 0.0345. The lowest BCUT2D eigenvalue weighted by atomic mass is 10.1. The molecule has 0 spiro atoms. The van der Waals surface area contributed by atoms with Gasteiger partial charge >= 0.3 is 0 Å². The first-order chi connectivity index (χ1) is 16.3. The van der Waals surface area contributed by atoms with Crippen molar-refractivity contribution in [2.75, 3.05) is 0 Å². The fourth-order valence-corrected chi connectivity index (χ4v) is 5.91. The van der Waals surface area contributed by atoms with Gasteiger partial charge in [0.25, 0.3) is 0 Å². The Hall–Kier alpha value is -4.02. The van der Waals surface area contributed by atoms with Gasteiger partial charge in [0, 0.05) is 32.1 Å². The van der Waals surface area contributed by atoms with E-state index in [4.69, 9.17) is 9.97 Å². The topological polar surface area (TPSA) is 30.7 Å². The Morgan fingerprint density at radius 3 is 2.27 bits per heavy atom. The van der Waals surface area contributed by atoms with E-state index >= 15 is 0 Å². The van der Waals surface area contributed by atoms with E-state index in [9.17, 15) is 0 Å². The molecule has 7 rings (SSSR count). The second-order valence-electron chi connectivity index (χ2n) is 8.33. The van der Waals surface area contributed by atoms with Crippen LogP contribution in [-0.2, 0) is 0 Å². The number of fused-ring (bicyclic) bond motifs is 6. The van der Waals surface area contributed by atoms with Crippen LogP contribution < -0.4 is 0 Å². The number of hydrogen-bond acceptors (Lipinski definition) is 3. The summed E-state index contributed by atoms with van der Waals surface area (Å²) in [6, 6.07) is 34.2. The highest BCUT2D eigenvalue weighted by molar-refractivity contribution is 7.25. The zero-order chi connectivity index (χ0) is 21.9. The lowest BCUT2D eigenvalue weighted by Crippen LogP contribution is -1.95. The number of aromatic nitrogens is 3. The summed E-state index contributed by atoms with van der Waals surface area (Å²) in [4.78, 5) is 9.97. The Morgan fingerprint density at radius 1 is 0.667 bits per heavy atom. The number of para-hydroxylation sites is 2. The summed E-state index contributed by atoms with van der Waals surface area (Å²) in [6.45, 7) is 2.09. The molecule has 0 saturated carbocycles. The Kier molecular flexibility index (Phi) is 3.93. The first-order valence-electron chi connectivity index (χ1n) is 11.0. The summed E-state index contributed by atoms with van der Waals surface area (Å²) in [7, 11) is 0. The van der Waals surface area contributed by atoms with Gasteiger partial charge in [0.2, 0.25) is 0 Å². The average Bonchev–Trinajstić information content (AvgIpc) is 3.40. The van der Waals surface area contributed by atoms with Crippen LogP contribution in [0.1, 0.15) is 5.69 Å². The number of hydrogen-bond donors (Lipinski definition) is 0. The van der Waals surface area contributed by atoms with Crippen LogP contribution in [0.2, 0.25) is 0 Å². The fourth-order valence-electron chi connectivity index (χ4n) is 4.82. The van der Waals surface area contributed by atoms with Crippen molar-refractivity contribution in [1.29, 1.82) is 0 Å². The molecule has 0 aliphatic carbocycles. The standard InChI is InChI=1S/C29H19N3S/c1-18-28-27(23-12-6-8-14-26(23)33-28)31-29(30-18)19-15-16-22-21-11-5-7-13-24(21)32(25(22)17-19)20-9-3-2-4-10-20/h2-17H,1H3. The summed E-state index contributed by atoms with van der Waals surface area (Å²) in [5.41, 5.74) is 6.62. The molecule has 7 aromatic rings. The maximum absolute atomic E-state index is 5.05. The molecule has 0 radical (unpaired) electrons. The zero-order valence-electron chi connectivity index (χ0n) is 18.0. The van der Waals surface area contributed by atoms with Gasteiger partial charge in [-0.15, -0.1) is 11.3 Å². The van der Waals surface area contributed by atoms with Gasteiger partial charge in [-0.3, -0.25) is 0 Å². The quantitative estimate of drug-likeness (QED) is 0.273. The van der Waals surface area contributed by atoms with Crippen LogP contribution in [-0.4, -0.2) is 14.5 Å². The van der Waals surface area contributed by atoms with E-state index in [0.29, 0.717) is 0 Å². The highest BCUT2D eigenvalue weighted by atomic mass is 32.1. The minimum absolute atomic E-state index is 0.773. The van der Waals surface area contributed by atoms with Gasteiger partial charge in [0.15, 0.2) is 5.82 Å². The van der Waals surface area contributed by atoms with Crippen LogP contribution in [0.5, 0.6) is 0 Å². The minimum atomic E-state index is 0.773. The summed E-state index contributed by atoms with van der Waals surface area (Å²) in [5, 5.41) is 3.68. The predicted octanol–water partition coefficient (Wildman–Crippen LogP) is 7.92. The molecule has 3 heterocycles. The van der Waals surface area contributed by atoms with Crippen molar-refractivity contribution in [3.63, 3.8) is 0 Å². The molecule has 33 heavy (non-hydrogen) atoms. The SMILES string of the molecule is Cc1nc(-c2ccc3c4ccccc4n(-c4ccccc4)c3c2)nc2c1sc1ccccc12. The third kappa shape index (κ3) is 2.74. The zero-order valence-corrected chi connectivity index (χ0v) is 18.8. The van der Waals surface area contributed by atoms with Gasteiger partial charge < -0.3 is 4.57 Å². The normalized spacial score (nSPS) is 11.8. The van der Waals surface area contributed by atoms with Gasteiger partial charge in [-0.25, -0.2) is 9.97 Å². The third-order valence-electron chi connectivity index (χ3n) is 6.34. The molecule has 0 amide bonds. The van der Waals surface area contributed by atoms with E-state index in [-0.39, 0.29) is 0 Å². The van der Waals surface area contributed by atoms with E-state index < -0.39 is 0 Å². The highest BCUT2D eigenvalue weighted by Crippen LogP contribution is 2.37. The molecule has 0 atom stereocenters. The summed E-state index contributed by atoms with van der Waals surface area (Å²) in [6.07, 6.45) is 0. The van der Waals surface area contributed by atoms with Gasteiger partial charge in [-0.2, -0.15) is 0 Å². The van der Waals surface area contributed by atoms with Crippen LogP contribution in [0, 0.1) is 6.92 Å². The minimum Gasteiger partial charge on any atom is -0.309 e. The van der Waals surface area contributed by atoms with Crippen LogP contribution in [0.3, 0.4) is 0 Å². The first kappa shape index (κ1) is 18.5. The van der Waals surface area contributed by atoms with Crippen molar-refractivity contribution >= 4 is 53.4 Å². The molecule has 0 aliphatic heterocycles. The molecule has 0 fully saturated rings. The first-order valence-corrected chi connectivity index (χ1v) is 11.8. The van der Waals surface area contributed by atoms with Gasteiger partial charge in [0.05, 0.1) is 26.9 Å². The third-order valence-corrected chi connectivity index (χ3v) is 7.60. The van der Waals surface area contributed by atoms with Crippen molar-refractivity contribution in [2.45, 2.75) is 6.92 Å². The Bertz CT molecular complexity index is 1830. The largest absolute Gasteiger partial charge is 0.309 e. The molecule has 3 nitrogen and oxygen atoms in total. The lowest BCUT2D eigenvalue weighted by Gasteiger charge is -2.09. The smallest absolute Gasteiger partial charge is 0.160 e. The molecule has 0 saturated heterocycles. The Morgan fingerprint density at radius 2 is 1.39 bits per heavy atom. The van der Waals surface area contributed by atoms with E-state index in [1.54, 1.807) is 11.3 Å². The van der Waals surface area contributed by atoms with Crippen molar-refractivity contribution in [1.82, 2.24) is 14.5 Å². The molecule has 0 unspecified atom stereocenters. The molecule has 156 valence electrons. The van der Waals surface area contributed by atoms with Gasteiger partial charge in [0.1, 0.15) is 0 Å². The van der Waals surface area contributed by atoms with E-state index in [1.807, 2.05) is 0 Å². The monoisotopic (exact) mass is 441 g/mol. The number of benzene rings is 4. The van der Waals surface area contributed by atoms with Crippen molar-refractivity contribution < 1.29 is 0 Å².